The lowest BCUT2D eigenvalue weighted by Crippen LogP contribution is -1.96. The minimum atomic E-state index is -2.53. The molecule has 1 rings (SSSR count). The molecule has 0 bridgehead atoms. The Morgan fingerprint density at radius 3 is 1.90 bits per heavy atom. The second-order valence-corrected chi connectivity index (χ2v) is 2.25. The maximum Gasteiger partial charge on any atom is 0.253 e. The molecule has 0 heterocycles. The van der Waals surface area contributed by atoms with Gasteiger partial charge in [0.15, 0.2) is 0 Å². The van der Waals surface area contributed by atoms with Crippen molar-refractivity contribution in [1.29, 1.82) is 0 Å². The van der Waals surface area contributed by atoms with Gasteiger partial charge in [0, 0.05) is 20.6 Å². The normalized spacial score (nSPS) is 26.7. The SMILES string of the molecule is COC.OCC1CC1(F)F. The van der Waals surface area contributed by atoms with Gasteiger partial charge in [-0.05, 0) is 0 Å². The van der Waals surface area contributed by atoms with Gasteiger partial charge in [0.05, 0.1) is 12.5 Å². The van der Waals surface area contributed by atoms with Crippen LogP contribution in [0.1, 0.15) is 6.42 Å². The van der Waals surface area contributed by atoms with Gasteiger partial charge in [0.2, 0.25) is 0 Å². The van der Waals surface area contributed by atoms with E-state index in [0.717, 1.165) is 0 Å². The molecule has 0 radical (unpaired) electrons. The minimum Gasteiger partial charge on any atom is -0.396 e. The van der Waals surface area contributed by atoms with Crippen LogP contribution in [-0.4, -0.2) is 31.9 Å². The van der Waals surface area contributed by atoms with Crippen molar-refractivity contribution in [2.75, 3.05) is 20.8 Å². The first-order valence-corrected chi connectivity index (χ1v) is 2.97. The molecule has 1 atom stereocenters. The summed E-state index contributed by atoms with van der Waals surface area (Å²) in [5, 5.41) is 8.06. The van der Waals surface area contributed by atoms with Crippen molar-refractivity contribution in [3.63, 3.8) is 0 Å². The molecule has 1 aliphatic carbocycles. The van der Waals surface area contributed by atoms with Gasteiger partial charge in [0.1, 0.15) is 0 Å². The Kier molecular flexibility index (Phi) is 3.75. The van der Waals surface area contributed by atoms with E-state index in [1.807, 2.05) is 0 Å². The number of aliphatic hydroxyl groups excluding tert-OH is 1. The minimum absolute atomic E-state index is 0.122. The first-order valence-electron chi connectivity index (χ1n) is 2.97. The molecule has 2 nitrogen and oxygen atoms in total. The summed E-state index contributed by atoms with van der Waals surface area (Å²) in [4.78, 5) is 0. The summed E-state index contributed by atoms with van der Waals surface area (Å²) < 4.78 is 27.5. The summed E-state index contributed by atoms with van der Waals surface area (Å²) in [6, 6.07) is 0. The monoisotopic (exact) mass is 154 g/mol. The summed E-state index contributed by atoms with van der Waals surface area (Å²) in [5.74, 6) is -3.26. The van der Waals surface area contributed by atoms with Crippen molar-refractivity contribution >= 4 is 0 Å². The fraction of sp³-hybridized carbons (Fsp3) is 1.00. The standard InChI is InChI=1S/C4H6F2O.C2H6O/c5-4(6)1-3(4)2-7;1-3-2/h3,7H,1-2H2;1-2H3. The van der Waals surface area contributed by atoms with Gasteiger partial charge in [-0.2, -0.15) is 0 Å². The average Bonchev–Trinajstić information content (AvgIpc) is 2.42. The van der Waals surface area contributed by atoms with Gasteiger partial charge in [0.25, 0.3) is 5.92 Å². The van der Waals surface area contributed by atoms with E-state index in [1.54, 1.807) is 14.2 Å². The Bertz CT molecular complexity index is 95.7. The van der Waals surface area contributed by atoms with Gasteiger partial charge >= 0.3 is 0 Å². The summed E-state index contributed by atoms with van der Waals surface area (Å²) in [5.41, 5.74) is 0. The fourth-order valence-corrected chi connectivity index (χ4v) is 0.468. The lowest BCUT2D eigenvalue weighted by atomic mass is 10.5. The molecular weight excluding hydrogens is 142 g/mol. The zero-order valence-corrected chi connectivity index (χ0v) is 6.10. The van der Waals surface area contributed by atoms with E-state index in [2.05, 4.69) is 4.74 Å². The predicted molar refractivity (Wildman–Crippen MR) is 33.1 cm³/mol. The lowest BCUT2D eigenvalue weighted by molar-refractivity contribution is 0.0822. The fourth-order valence-electron chi connectivity index (χ4n) is 0.468. The van der Waals surface area contributed by atoms with Crippen LogP contribution in [0, 0.1) is 5.92 Å². The van der Waals surface area contributed by atoms with Crippen LogP contribution < -0.4 is 0 Å². The molecule has 1 aliphatic rings. The number of ether oxygens (including phenoxy) is 1. The van der Waals surface area contributed by atoms with E-state index in [0.29, 0.717) is 0 Å². The summed E-state index contributed by atoms with van der Waals surface area (Å²) >= 11 is 0. The highest BCUT2D eigenvalue weighted by Gasteiger charge is 2.56. The van der Waals surface area contributed by atoms with Crippen LogP contribution in [0.2, 0.25) is 0 Å². The Hall–Kier alpha value is -0.220. The lowest BCUT2D eigenvalue weighted by Gasteiger charge is -1.86. The van der Waals surface area contributed by atoms with E-state index in [4.69, 9.17) is 5.11 Å². The third kappa shape index (κ3) is 3.08. The molecule has 4 heteroatoms. The second kappa shape index (κ2) is 3.83. The van der Waals surface area contributed by atoms with Crippen molar-refractivity contribution in [3.8, 4) is 0 Å². The van der Waals surface area contributed by atoms with Crippen molar-refractivity contribution in [2.24, 2.45) is 5.92 Å². The quantitative estimate of drug-likeness (QED) is 0.608. The number of alkyl halides is 2. The Balaban J connectivity index is 0.000000236. The van der Waals surface area contributed by atoms with Gasteiger partial charge < -0.3 is 9.84 Å². The molecule has 1 saturated carbocycles. The third-order valence-electron chi connectivity index (χ3n) is 1.18. The highest BCUT2D eigenvalue weighted by atomic mass is 19.3. The van der Waals surface area contributed by atoms with E-state index in [-0.39, 0.29) is 13.0 Å². The van der Waals surface area contributed by atoms with Crippen LogP contribution in [0.4, 0.5) is 8.78 Å². The first kappa shape index (κ1) is 9.78. The Morgan fingerprint density at radius 2 is 1.90 bits per heavy atom. The number of halogens is 2. The van der Waals surface area contributed by atoms with Crippen LogP contribution in [-0.2, 0) is 4.74 Å². The predicted octanol–water partition coefficient (Wildman–Crippen LogP) is 0.897. The maximum absolute atomic E-state index is 11.6. The molecule has 0 saturated heterocycles. The molecule has 62 valence electrons. The van der Waals surface area contributed by atoms with E-state index >= 15 is 0 Å². The molecule has 0 aliphatic heterocycles. The van der Waals surface area contributed by atoms with E-state index in [1.165, 1.54) is 0 Å². The van der Waals surface area contributed by atoms with Crippen LogP contribution in [0.25, 0.3) is 0 Å². The first-order chi connectivity index (χ1) is 4.58. The number of hydrogen-bond donors (Lipinski definition) is 1. The Labute approximate surface area is 58.8 Å². The summed E-state index contributed by atoms with van der Waals surface area (Å²) in [7, 11) is 3.25. The number of aliphatic hydroxyl groups is 1. The van der Waals surface area contributed by atoms with Crippen molar-refractivity contribution < 1.29 is 18.6 Å². The smallest absolute Gasteiger partial charge is 0.253 e. The molecule has 1 unspecified atom stereocenters. The van der Waals surface area contributed by atoms with Crippen LogP contribution in [0.15, 0.2) is 0 Å². The molecule has 1 N–H and O–H groups in total. The molecule has 0 aromatic heterocycles. The molecule has 1 fully saturated rings. The third-order valence-corrected chi connectivity index (χ3v) is 1.18. The van der Waals surface area contributed by atoms with Gasteiger partial charge in [-0.1, -0.05) is 0 Å². The van der Waals surface area contributed by atoms with Crippen molar-refractivity contribution in [3.05, 3.63) is 0 Å². The van der Waals surface area contributed by atoms with Crippen LogP contribution in [0.5, 0.6) is 0 Å². The van der Waals surface area contributed by atoms with Crippen molar-refractivity contribution in [2.45, 2.75) is 12.3 Å². The summed E-state index contributed by atoms with van der Waals surface area (Å²) in [6.45, 7) is -0.368. The zero-order valence-electron chi connectivity index (χ0n) is 6.10. The number of rotatable bonds is 1. The van der Waals surface area contributed by atoms with Crippen molar-refractivity contribution in [1.82, 2.24) is 0 Å². The molecule has 0 aromatic carbocycles. The average molecular weight is 154 g/mol. The molecule has 0 amide bonds. The van der Waals surface area contributed by atoms with Gasteiger partial charge in [-0.25, -0.2) is 8.78 Å². The molecule has 0 spiro atoms. The maximum atomic E-state index is 11.6. The highest BCUT2D eigenvalue weighted by Crippen LogP contribution is 2.47. The molecule has 0 aromatic rings. The van der Waals surface area contributed by atoms with Gasteiger partial charge in [-0.3, -0.25) is 0 Å². The number of methoxy groups -OCH3 is 1. The summed E-state index contributed by atoms with van der Waals surface area (Å²) in [6.07, 6.45) is -0.122. The second-order valence-electron chi connectivity index (χ2n) is 2.25. The van der Waals surface area contributed by atoms with E-state index in [9.17, 15) is 8.78 Å². The van der Waals surface area contributed by atoms with Gasteiger partial charge in [-0.15, -0.1) is 0 Å². The highest BCUT2D eigenvalue weighted by molar-refractivity contribution is 4.93. The van der Waals surface area contributed by atoms with Crippen LogP contribution in [0.3, 0.4) is 0 Å². The van der Waals surface area contributed by atoms with E-state index < -0.39 is 11.8 Å². The van der Waals surface area contributed by atoms with Crippen LogP contribution >= 0.6 is 0 Å². The largest absolute Gasteiger partial charge is 0.396 e. The number of hydrogen-bond acceptors (Lipinski definition) is 2. The topological polar surface area (TPSA) is 29.5 Å². The zero-order chi connectivity index (χ0) is 8.20. The molecular formula is C6H12F2O2. The Morgan fingerprint density at radius 1 is 1.60 bits per heavy atom. The molecule has 10 heavy (non-hydrogen) atoms.